The van der Waals surface area contributed by atoms with Crippen LogP contribution in [0.15, 0.2) is 30.6 Å². The molecular weight excluding hydrogens is 382 g/mol. The van der Waals surface area contributed by atoms with Crippen molar-refractivity contribution < 1.29 is 14.3 Å². The van der Waals surface area contributed by atoms with Gasteiger partial charge in [-0.15, -0.1) is 12.4 Å². The predicted octanol–water partition coefficient (Wildman–Crippen LogP) is 1.35. The van der Waals surface area contributed by atoms with Gasteiger partial charge in [-0.2, -0.15) is 5.10 Å². The molecule has 150 valence electrons. The Kier molecular flexibility index (Phi) is 5.90. The highest BCUT2D eigenvalue weighted by atomic mass is 35.5. The lowest BCUT2D eigenvalue weighted by Crippen LogP contribution is -2.36. The van der Waals surface area contributed by atoms with Crippen molar-refractivity contribution in [3.8, 4) is 5.75 Å². The molecule has 1 unspecified atom stereocenters. The maximum Gasteiger partial charge on any atom is 0.262 e. The molecule has 0 saturated carbocycles. The van der Waals surface area contributed by atoms with E-state index in [0.717, 1.165) is 17.7 Å². The Morgan fingerprint density at radius 2 is 2.21 bits per heavy atom. The van der Waals surface area contributed by atoms with Crippen LogP contribution >= 0.6 is 12.4 Å². The van der Waals surface area contributed by atoms with E-state index < -0.39 is 0 Å². The number of anilines is 1. The first-order valence-electron chi connectivity index (χ1n) is 9.07. The third-order valence-electron chi connectivity index (χ3n) is 5.20. The van der Waals surface area contributed by atoms with E-state index in [1.807, 2.05) is 44.6 Å². The molecule has 3 heterocycles. The van der Waals surface area contributed by atoms with Gasteiger partial charge in [0.25, 0.3) is 5.91 Å². The van der Waals surface area contributed by atoms with Crippen LogP contribution in [-0.4, -0.2) is 41.3 Å². The van der Waals surface area contributed by atoms with Gasteiger partial charge in [-0.25, -0.2) is 0 Å². The first kappa shape index (κ1) is 20.2. The second-order valence-electron chi connectivity index (χ2n) is 7.14. The van der Waals surface area contributed by atoms with Crippen molar-refractivity contribution in [3.63, 3.8) is 0 Å². The summed E-state index contributed by atoms with van der Waals surface area (Å²) in [6, 6.07) is 5.40. The quantitative estimate of drug-likeness (QED) is 0.713. The van der Waals surface area contributed by atoms with Crippen molar-refractivity contribution >= 4 is 29.9 Å². The van der Waals surface area contributed by atoms with E-state index >= 15 is 0 Å². The Labute approximate surface area is 169 Å². The molecule has 1 saturated heterocycles. The second-order valence-corrected chi connectivity index (χ2v) is 7.14. The second kappa shape index (κ2) is 8.20. The molecule has 4 rings (SSSR count). The van der Waals surface area contributed by atoms with Gasteiger partial charge in [0.15, 0.2) is 6.61 Å². The molecule has 3 atom stereocenters. The third kappa shape index (κ3) is 3.98. The first-order chi connectivity index (χ1) is 13.0. The maximum atomic E-state index is 12.9. The van der Waals surface area contributed by atoms with Crippen LogP contribution in [0, 0.1) is 5.92 Å². The molecule has 8 nitrogen and oxygen atoms in total. The van der Waals surface area contributed by atoms with Gasteiger partial charge in [0.05, 0.1) is 23.8 Å². The van der Waals surface area contributed by atoms with E-state index in [2.05, 4.69) is 21.0 Å². The minimum Gasteiger partial charge on any atom is -0.482 e. The fourth-order valence-electron chi connectivity index (χ4n) is 3.71. The van der Waals surface area contributed by atoms with E-state index in [9.17, 15) is 9.59 Å². The van der Waals surface area contributed by atoms with E-state index in [1.54, 1.807) is 4.68 Å². The minimum atomic E-state index is -0.184. The van der Waals surface area contributed by atoms with Gasteiger partial charge in [0.2, 0.25) is 5.91 Å². The van der Waals surface area contributed by atoms with Crippen LogP contribution in [0.5, 0.6) is 5.75 Å². The zero-order chi connectivity index (χ0) is 19.0. The van der Waals surface area contributed by atoms with Crippen LogP contribution in [0.4, 0.5) is 5.69 Å². The number of halogens is 1. The van der Waals surface area contributed by atoms with E-state index in [0.29, 0.717) is 18.0 Å². The van der Waals surface area contributed by atoms with Gasteiger partial charge in [0, 0.05) is 32.3 Å². The largest absolute Gasteiger partial charge is 0.482 e. The third-order valence-corrected chi connectivity index (χ3v) is 5.20. The molecule has 28 heavy (non-hydrogen) atoms. The smallest absolute Gasteiger partial charge is 0.262 e. The molecule has 3 N–H and O–H groups in total. The molecule has 1 aromatic heterocycles. The highest BCUT2D eigenvalue weighted by Gasteiger charge is 2.35. The summed E-state index contributed by atoms with van der Waals surface area (Å²) in [6.07, 6.45) is 3.79. The number of hydrogen-bond acceptors (Lipinski definition) is 5. The summed E-state index contributed by atoms with van der Waals surface area (Å²) in [6.45, 7) is 3.38. The van der Waals surface area contributed by atoms with E-state index in [1.165, 1.54) is 0 Å². The Bertz CT molecular complexity index is 884. The predicted molar refractivity (Wildman–Crippen MR) is 107 cm³/mol. The Morgan fingerprint density at radius 1 is 1.39 bits per heavy atom. The average molecular weight is 406 g/mol. The number of aromatic nitrogens is 2. The van der Waals surface area contributed by atoms with Crippen LogP contribution in [-0.2, 0) is 16.6 Å². The molecule has 2 aromatic rings. The lowest BCUT2D eigenvalue weighted by molar-refractivity contribution is -0.125. The summed E-state index contributed by atoms with van der Waals surface area (Å²) >= 11 is 0. The highest BCUT2D eigenvalue weighted by Crippen LogP contribution is 2.32. The molecule has 1 aromatic carbocycles. The van der Waals surface area contributed by atoms with Crippen LogP contribution in [0.25, 0.3) is 0 Å². The molecule has 2 aliphatic heterocycles. The van der Waals surface area contributed by atoms with Crippen molar-refractivity contribution in [2.75, 3.05) is 25.0 Å². The number of nitrogens with zero attached hydrogens (tertiary/aromatic N) is 2. The molecule has 0 bridgehead atoms. The van der Waals surface area contributed by atoms with Gasteiger partial charge in [-0.3, -0.25) is 14.3 Å². The van der Waals surface area contributed by atoms with Crippen LogP contribution in [0.2, 0.25) is 0 Å². The first-order valence-corrected chi connectivity index (χ1v) is 9.07. The average Bonchev–Trinajstić information content (AvgIpc) is 3.29. The molecule has 0 spiro atoms. The van der Waals surface area contributed by atoms with E-state index in [4.69, 9.17) is 4.74 Å². The zero-order valence-electron chi connectivity index (χ0n) is 15.8. The number of nitrogens with one attached hydrogen (secondary N) is 3. The molecule has 0 radical (unpaired) electrons. The number of hydrogen-bond donors (Lipinski definition) is 3. The highest BCUT2D eigenvalue weighted by molar-refractivity contribution is 5.95. The molecular formula is C19H24ClN5O3. The summed E-state index contributed by atoms with van der Waals surface area (Å²) in [5, 5.41) is 13.4. The molecule has 2 amide bonds. The topological polar surface area (TPSA) is 97.3 Å². The number of amides is 2. The zero-order valence-corrected chi connectivity index (χ0v) is 16.6. The SMILES string of the molecule is CC(NC(=O)[C@H]1CNC[C@@H]1c1cnn(C)c1)c1ccc2c(c1)NC(=O)CO2.Cl. The summed E-state index contributed by atoms with van der Waals surface area (Å²) in [7, 11) is 1.88. The number of fused-ring (bicyclic) bond motifs is 1. The van der Waals surface area contributed by atoms with Crippen molar-refractivity contribution in [2.24, 2.45) is 13.0 Å². The Balaban J connectivity index is 0.00000225. The van der Waals surface area contributed by atoms with Crippen LogP contribution in [0.1, 0.15) is 30.0 Å². The summed E-state index contributed by atoms with van der Waals surface area (Å²) in [5.74, 6) is 0.458. The number of ether oxygens (including phenoxy) is 1. The molecule has 2 aliphatic rings. The maximum absolute atomic E-state index is 12.9. The monoisotopic (exact) mass is 405 g/mol. The molecule has 0 aliphatic carbocycles. The molecule has 1 fully saturated rings. The number of rotatable bonds is 4. The Hall–Kier alpha value is -2.58. The summed E-state index contributed by atoms with van der Waals surface area (Å²) in [5.41, 5.74) is 2.63. The number of carbonyl (C=O) groups excluding carboxylic acids is 2. The van der Waals surface area contributed by atoms with E-state index in [-0.39, 0.29) is 48.7 Å². The normalized spacial score (nSPS) is 21.7. The number of aryl methyl sites for hydroxylation is 1. The number of benzene rings is 1. The summed E-state index contributed by atoms with van der Waals surface area (Å²) in [4.78, 5) is 24.4. The van der Waals surface area contributed by atoms with Gasteiger partial charge in [-0.1, -0.05) is 6.07 Å². The Morgan fingerprint density at radius 3 is 2.96 bits per heavy atom. The van der Waals surface area contributed by atoms with Gasteiger partial charge >= 0.3 is 0 Å². The van der Waals surface area contributed by atoms with Crippen molar-refractivity contribution in [1.82, 2.24) is 20.4 Å². The minimum absolute atomic E-state index is 0. The fourth-order valence-corrected chi connectivity index (χ4v) is 3.71. The lowest BCUT2D eigenvalue weighted by atomic mass is 9.90. The van der Waals surface area contributed by atoms with Crippen LogP contribution in [0.3, 0.4) is 0 Å². The van der Waals surface area contributed by atoms with Gasteiger partial charge in [0.1, 0.15) is 5.75 Å². The van der Waals surface area contributed by atoms with Crippen molar-refractivity contribution in [2.45, 2.75) is 18.9 Å². The van der Waals surface area contributed by atoms with Crippen molar-refractivity contribution in [1.29, 1.82) is 0 Å². The van der Waals surface area contributed by atoms with Gasteiger partial charge < -0.3 is 20.7 Å². The standard InChI is InChI=1S/C19H23N5O3.ClH/c1-11(12-3-4-17-16(5-12)23-18(25)10-27-17)22-19(26)15-8-20-7-14(15)13-6-21-24(2)9-13;/h3-6,9,11,14-15,20H,7-8,10H2,1-2H3,(H,22,26)(H,23,25);1H/t11?,14-,15+;/m1./s1. The lowest BCUT2D eigenvalue weighted by Gasteiger charge is -2.23. The number of carbonyl (C=O) groups is 2. The molecule has 9 heteroatoms. The van der Waals surface area contributed by atoms with Crippen LogP contribution < -0.4 is 20.7 Å². The van der Waals surface area contributed by atoms with Gasteiger partial charge in [-0.05, 0) is 30.2 Å². The fraction of sp³-hybridized carbons (Fsp3) is 0.421. The van der Waals surface area contributed by atoms with Crippen molar-refractivity contribution in [3.05, 3.63) is 41.7 Å². The summed E-state index contributed by atoms with van der Waals surface area (Å²) < 4.78 is 7.14.